The molecular weight excluding hydrogens is 1520 g/mol. The van der Waals surface area contributed by atoms with Crippen molar-refractivity contribution < 1.29 is 38.7 Å². The smallest absolute Gasteiger partial charge is 0.227 e. The summed E-state index contributed by atoms with van der Waals surface area (Å²) in [7, 11) is 8.53. The Hall–Kier alpha value is -12.8. The molecule has 624 valence electrons. The summed E-state index contributed by atoms with van der Waals surface area (Å²) in [4.78, 5) is 18.6. The lowest BCUT2D eigenvalue weighted by Crippen LogP contribution is -2.33. The van der Waals surface area contributed by atoms with Gasteiger partial charge in [-0.1, -0.05) is 117 Å². The first kappa shape index (κ1) is 80.9. The molecular formula is C112H116N8O4+4. The van der Waals surface area contributed by atoms with E-state index in [2.05, 4.69) is 333 Å². The topological polar surface area (TPSA) is 120 Å². The van der Waals surface area contributed by atoms with Gasteiger partial charge in [-0.2, -0.15) is 13.7 Å². The molecule has 0 atom stereocenters. The predicted octanol–water partition coefficient (Wildman–Crippen LogP) is 27.5. The molecule has 0 aliphatic rings. The molecule has 0 radical (unpaired) electrons. The van der Waals surface area contributed by atoms with Gasteiger partial charge in [0, 0.05) is 127 Å². The van der Waals surface area contributed by atoms with Crippen molar-refractivity contribution in [2.45, 2.75) is 177 Å². The Bertz CT molecular complexity index is 7870. The second-order valence-electron chi connectivity index (χ2n) is 37.3. The molecule has 12 aromatic heterocycles. The molecule has 12 heterocycles. The lowest BCUT2D eigenvalue weighted by Gasteiger charge is -2.20. The van der Waals surface area contributed by atoms with E-state index in [0.29, 0.717) is 34.3 Å². The Morgan fingerprint density at radius 1 is 0.355 bits per heavy atom. The van der Waals surface area contributed by atoms with Crippen LogP contribution in [0.4, 0.5) is 0 Å². The van der Waals surface area contributed by atoms with Gasteiger partial charge in [0.05, 0.1) is 27.6 Å². The van der Waals surface area contributed by atoms with Crippen LogP contribution in [0.5, 0.6) is 0 Å². The predicted molar refractivity (Wildman–Crippen MR) is 514 cm³/mol. The molecule has 20 rings (SSSR count). The molecule has 0 aliphatic carbocycles. The molecule has 0 bridgehead atoms. The maximum absolute atomic E-state index is 8.74. The normalized spacial score (nSPS) is 12.5. The molecule has 124 heavy (non-hydrogen) atoms. The van der Waals surface area contributed by atoms with Crippen molar-refractivity contribution in [1.82, 2.24) is 19.9 Å². The fourth-order valence-electron chi connectivity index (χ4n) is 18.7. The number of hydrogen-bond donors (Lipinski definition) is 0. The number of aromatic nitrogens is 8. The third-order valence-electron chi connectivity index (χ3n) is 25.5. The molecule has 0 amide bonds. The molecule has 0 unspecified atom stereocenters. The lowest BCUT2D eigenvalue weighted by atomic mass is 9.85. The van der Waals surface area contributed by atoms with E-state index in [-0.39, 0.29) is 5.41 Å². The second-order valence-corrected chi connectivity index (χ2v) is 37.3. The van der Waals surface area contributed by atoms with Crippen molar-refractivity contribution in [3.05, 3.63) is 284 Å². The minimum absolute atomic E-state index is 0.192. The molecule has 0 fully saturated rings. The zero-order chi connectivity index (χ0) is 89.5. The fourth-order valence-corrected chi connectivity index (χ4v) is 18.7. The molecule has 0 saturated carbocycles. The first-order valence-electron chi connectivity index (χ1n) is 44.8. The zero-order valence-electron chi connectivity index (χ0n) is 78.9. The van der Waals surface area contributed by atoms with Gasteiger partial charge >= 0.3 is 0 Å². The molecule has 0 aliphatic heterocycles. The lowest BCUT2D eigenvalue weighted by molar-refractivity contribution is -0.659. The number of para-hydroxylation sites is 3. The van der Waals surface area contributed by atoms with Gasteiger partial charge in [0.15, 0.2) is 28.5 Å². The van der Waals surface area contributed by atoms with Gasteiger partial charge in [0.2, 0.25) is 62.2 Å². The number of benzene rings is 8. The molecule has 0 spiro atoms. The molecule has 0 saturated heterocycles. The summed E-state index contributed by atoms with van der Waals surface area (Å²) in [5, 5.41) is 14.8. The molecule has 12 nitrogen and oxygen atoms in total. The van der Waals surface area contributed by atoms with E-state index in [1.165, 1.54) is 122 Å². The van der Waals surface area contributed by atoms with Crippen LogP contribution in [0.3, 0.4) is 0 Å². The Balaban J connectivity index is 0.000000119. The van der Waals surface area contributed by atoms with E-state index in [9.17, 15) is 0 Å². The van der Waals surface area contributed by atoms with Crippen molar-refractivity contribution in [2.75, 3.05) is 0 Å². The summed E-state index contributed by atoms with van der Waals surface area (Å²) in [6, 6.07) is 66.8. The van der Waals surface area contributed by atoms with Crippen molar-refractivity contribution in [3.63, 3.8) is 0 Å². The van der Waals surface area contributed by atoms with Crippen LogP contribution in [0.25, 0.3) is 177 Å². The third-order valence-corrected chi connectivity index (χ3v) is 25.5. The van der Waals surface area contributed by atoms with Crippen LogP contribution in [0.2, 0.25) is 0 Å². The van der Waals surface area contributed by atoms with Crippen LogP contribution >= 0.6 is 0 Å². The first-order valence-corrected chi connectivity index (χ1v) is 43.8. The Kier molecular flexibility index (Phi) is 21.0. The number of pyridine rings is 8. The van der Waals surface area contributed by atoms with E-state index in [1.807, 2.05) is 72.9 Å². The van der Waals surface area contributed by atoms with Crippen molar-refractivity contribution in [2.24, 2.45) is 39.0 Å². The maximum Gasteiger partial charge on any atom is 0.227 e. The summed E-state index contributed by atoms with van der Waals surface area (Å²) in [6.45, 7) is 44.9. The zero-order valence-corrected chi connectivity index (χ0v) is 76.9. The summed E-state index contributed by atoms with van der Waals surface area (Å²) >= 11 is 0. The minimum atomic E-state index is -1.45. The minimum Gasteiger partial charge on any atom is -0.437 e. The number of nitrogens with zero attached hydrogens (tertiary/aromatic N) is 8. The van der Waals surface area contributed by atoms with Crippen molar-refractivity contribution in [1.29, 1.82) is 0 Å². The third kappa shape index (κ3) is 15.1. The molecule has 12 heteroatoms. The van der Waals surface area contributed by atoms with E-state index in [1.54, 1.807) is 0 Å². The van der Waals surface area contributed by atoms with Crippen molar-refractivity contribution >= 4 is 132 Å². The average Bonchev–Trinajstić information content (AvgIpc) is 1.52. The number of furan rings is 4. The average molecular weight is 1640 g/mol. The van der Waals surface area contributed by atoms with Gasteiger partial charge < -0.3 is 17.7 Å². The summed E-state index contributed by atoms with van der Waals surface area (Å²) in [5.74, 6) is 0.426. The fraction of sp³-hybridized carbons (Fsp3) is 0.286. The maximum atomic E-state index is 8.74. The number of fused-ring (bicyclic) bond motifs is 16. The van der Waals surface area contributed by atoms with Crippen LogP contribution in [-0.4, -0.2) is 19.9 Å². The van der Waals surface area contributed by atoms with Gasteiger partial charge in [0.1, 0.15) is 28.2 Å². The highest BCUT2D eigenvalue weighted by atomic mass is 16.4. The molecule has 0 N–H and O–H groups in total. The van der Waals surface area contributed by atoms with Gasteiger partial charge in [0.25, 0.3) is 0 Å². The summed E-state index contributed by atoms with van der Waals surface area (Å²) in [6.07, 6.45) is 3.79. The Labute approximate surface area is 730 Å². The SMILES string of the molecule is CCCc1cc(-c2c(C)c(C)cc3c2oc2nc(C)ccc23)[n+](C)c2ccccc12.Cc1ccc2c(n1)oc1c(-c3cc(C(C)C)c4ccccc4[n+]3C)c(C)c(C)cc12.Cc1ccc2c(n1)oc1c(-c3cc(CC(C)(C)C)c4ccccc4[n+]3C)c(C)c(C)cc12.[2H]C([2H])(c1ccc2c(-c3c(C)c(C)cc4c3oc3nc(C)ccc34)[n+](C)ccc2c1)C(C)(C)C. The molecule has 8 aromatic carbocycles. The Morgan fingerprint density at radius 2 is 0.702 bits per heavy atom. The largest absolute Gasteiger partial charge is 0.437 e. The summed E-state index contributed by atoms with van der Waals surface area (Å²) in [5.41, 5.74) is 37.6. The first-order chi connectivity index (χ1) is 59.9. The van der Waals surface area contributed by atoms with Crippen LogP contribution < -0.4 is 18.3 Å². The van der Waals surface area contributed by atoms with Gasteiger partial charge in [-0.05, 0) is 288 Å². The van der Waals surface area contributed by atoms with Gasteiger partial charge in [-0.3, -0.25) is 0 Å². The standard InChI is InChI=1S/2C29H31N2O.2C27H27N2O/c1-17-14-24-23-10-8-18(2)30-28(23)32-27(24)25(19(17)3)26-22-11-9-20(16-29(4,5)6)15-21(22)12-13-31(26)7;1-17-14-23-22-13-12-18(2)30-28(22)32-27(23)26(19(17)3)25-15-20(16-29(4,5)6)21-10-8-9-11-24(21)31(25)7;1-15(2)21-14-24(29(6)23-10-8-7-9-19(21)23)25-18(5)16(3)13-22-20-12-11-17(4)28-27(20)30-26(22)25;1-6-9-19-15-24(29(5)23-11-8-7-10-20(19)23)25-18(4)16(2)14-22-21-13-12-17(3)28-27(21)30-26(22)25/h2*8-15H,16H2,1-7H3;7-15H,1-6H3;7-8,10-15H,6,9H2,1-5H3/q4*+1/i16D2;;;. The van der Waals surface area contributed by atoms with Crippen LogP contribution in [0, 0.1) is 93.9 Å². The number of hydrogen-bond acceptors (Lipinski definition) is 8. The molecule has 20 aromatic rings. The summed E-state index contributed by atoms with van der Waals surface area (Å²) < 4.78 is 52.2. The second kappa shape index (κ2) is 32.1. The van der Waals surface area contributed by atoms with Gasteiger partial charge in [-0.15, -0.1) is 0 Å². The highest BCUT2D eigenvalue weighted by molar-refractivity contribution is 6.14. The highest BCUT2D eigenvalue weighted by Crippen LogP contribution is 2.46. The van der Waals surface area contributed by atoms with E-state index >= 15 is 0 Å². The van der Waals surface area contributed by atoms with Gasteiger partial charge in [-0.25, -0.2) is 24.5 Å². The van der Waals surface area contributed by atoms with Crippen molar-refractivity contribution in [3.8, 4) is 45.0 Å². The van der Waals surface area contributed by atoms with Crippen LogP contribution in [0.15, 0.2) is 212 Å². The quantitative estimate of drug-likeness (QED) is 0.131. The van der Waals surface area contributed by atoms with E-state index < -0.39 is 11.8 Å². The van der Waals surface area contributed by atoms with Crippen LogP contribution in [-0.2, 0) is 47.4 Å². The highest BCUT2D eigenvalue weighted by Gasteiger charge is 2.33. The van der Waals surface area contributed by atoms with E-state index in [0.717, 1.165) is 135 Å². The van der Waals surface area contributed by atoms with Crippen LogP contribution in [0.1, 0.15) is 167 Å². The van der Waals surface area contributed by atoms with E-state index in [4.69, 9.17) is 20.4 Å². The monoisotopic (exact) mass is 1640 g/mol. The number of aryl methyl sites for hydroxylation is 13. The Morgan fingerprint density at radius 3 is 1.09 bits per heavy atom. The number of rotatable bonds is 9.